The molecule has 8 nitrogen and oxygen atoms in total. The number of ether oxygens (including phenoxy) is 1. The molecule has 1 aromatic heterocycles. The number of fused-ring (bicyclic) bond motifs is 1. The number of nitrogens with zero attached hydrogens (tertiary/aromatic N) is 5. The van der Waals surface area contributed by atoms with Crippen molar-refractivity contribution in [3.05, 3.63) is 17.1 Å². The van der Waals surface area contributed by atoms with Crippen molar-refractivity contribution in [2.75, 3.05) is 45.2 Å². The minimum absolute atomic E-state index is 0.103. The van der Waals surface area contributed by atoms with Gasteiger partial charge in [-0.05, 0) is 20.0 Å². The molecule has 3 rings (SSSR count). The summed E-state index contributed by atoms with van der Waals surface area (Å²) in [6.45, 7) is 3.90. The topological polar surface area (TPSA) is 94.4 Å². The summed E-state index contributed by atoms with van der Waals surface area (Å²) in [7, 11) is 3.38. The van der Waals surface area contributed by atoms with E-state index in [1.54, 1.807) is 0 Å². The first kappa shape index (κ1) is 16.6. The molecule has 1 atom stereocenters. The molecule has 0 aromatic carbocycles. The van der Waals surface area contributed by atoms with Crippen LogP contribution in [0.3, 0.4) is 0 Å². The quantitative estimate of drug-likeness (QED) is 0.771. The van der Waals surface area contributed by atoms with Crippen LogP contribution in [0.4, 0.5) is 5.82 Å². The zero-order valence-electron chi connectivity index (χ0n) is 14.1. The molecular formula is C16H22N6O2. The number of esters is 1. The predicted molar refractivity (Wildman–Crippen MR) is 87.6 cm³/mol. The van der Waals surface area contributed by atoms with E-state index in [-0.39, 0.29) is 11.9 Å². The Bertz CT molecular complexity index is 671. The highest BCUT2D eigenvalue weighted by Gasteiger charge is 2.29. The Labute approximate surface area is 141 Å². The molecule has 0 saturated carbocycles. The third-order valence-electron chi connectivity index (χ3n) is 4.69. The maximum absolute atomic E-state index is 11.9. The highest BCUT2D eigenvalue weighted by atomic mass is 16.5. The van der Waals surface area contributed by atoms with Crippen molar-refractivity contribution in [2.45, 2.75) is 25.4 Å². The van der Waals surface area contributed by atoms with E-state index in [2.05, 4.69) is 31.2 Å². The Morgan fingerprint density at radius 3 is 3.04 bits per heavy atom. The van der Waals surface area contributed by atoms with Gasteiger partial charge in [-0.15, -0.1) is 0 Å². The first-order valence-electron chi connectivity index (χ1n) is 8.15. The summed E-state index contributed by atoms with van der Waals surface area (Å²) in [6, 6.07) is 2.42. The molecular weight excluding hydrogens is 308 g/mol. The van der Waals surface area contributed by atoms with Crippen LogP contribution >= 0.6 is 0 Å². The van der Waals surface area contributed by atoms with Gasteiger partial charge in [0.15, 0.2) is 0 Å². The molecule has 0 radical (unpaired) electrons. The van der Waals surface area contributed by atoms with E-state index in [0.717, 1.165) is 49.7 Å². The maximum Gasteiger partial charge on any atom is 0.376 e. The number of piperazine rings is 1. The molecule has 8 heteroatoms. The fourth-order valence-electron chi connectivity index (χ4n) is 3.25. The second-order valence-corrected chi connectivity index (χ2v) is 6.16. The minimum atomic E-state index is -0.521. The van der Waals surface area contributed by atoms with Crippen LogP contribution in [0.25, 0.3) is 0 Å². The van der Waals surface area contributed by atoms with E-state index in [4.69, 9.17) is 10.00 Å². The van der Waals surface area contributed by atoms with E-state index in [0.29, 0.717) is 13.0 Å². The lowest BCUT2D eigenvalue weighted by molar-refractivity contribution is 0.0586. The Kier molecular flexibility index (Phi) is 4.92. The molecule has 0 spiro atoms. The summed E-state index contributed by atoms with van der Waals surface area (Å²) in [5.41, 5.74) is 1.96. The smallest absolute Gasteiger partial charge is 0.376 e. The maximum atomic E-state index is 11.9. The van der Waals surface area contributed by atoms with Crippen LogP contribution in [0, 0.1) is 11.3 Å². The SMILES string of the molecule is COC(=O)c1nc2c(c(N3CCN(C)[C@@H](CC#N)C3)n1)CCNC2. The number of rotatable bonds is 3. The Balaban J connectivity index is 1.96. The molecule has 128 valence electrons. The van der Waals surface area contributed by atoms with Crippen LogP contribution in [0.5, 0.6) is 0 Å². The van der Waals surface area contributed by atoms with E-state index in [1.807, 2.05) is 7.05 Å². The fraction of sp³-hybridized carbons (Fsp3) is 0.625. The van der Waals surface area contributed by atoms with Crippen LogP contribution in [0.15, 0.2) is 0 Å². The monoisotopic (exact) mass is 330 g/mol. The molecule has 1 aromatic rings. The lowest BCUT2D eigenvalue weighted by Gasteiger charge is -2.40. The standard InChI is InChI=1S/C16H22N6O2/c1-21-7-8-22(10-11(21)3-5-17)15-12-4-6-18-9-13(12)19-14(20-15)16(23)24-2/h11,18H,3-4,6-10H2,1-2H3/t11-/m0/s1. The van der Waals surface area contributed by atoms with Crippen LogP contribution in [-0.4, -0.2) is 67.2 Å². The average Bonchev–Trinajstić information content (AvgIpc) is 2.62. The second-order valence-electron chi connectivity index (χ2n) is 6.16. The number of carbonyl (C=O) groups excluding carboxylic acids is 1. The molecule has 0 bridgehead atoms. The average molecular weight is 330 g/mol. The van der Waals surface area contributed by atoms with Gasteiger partial charge in [-0.25, -0.2) is 14.8 Å². The van der Waals surface area contributed by atoms with Gasteiger partial charge in [0.2, 0.25) is 5.82 Å². The fourth-order valence-corrected chi connectivity index (χ4v) is 3.25. The largest absolute Gasteiger partial charge is 0.463 e. The van der Waals surface area contributed by atoms with Gasteiger partial charge < -0.3 is 15.0 Å². The predicted octanol–water partition coefficient (Wildman–Crippen LogP) is -0.0570. The first-order chi connectivity index (χ1) is 11.6. The molecule has 24 heavy (non-hydrogen) atoms. The third-order valence-corrected chi connectivity index (χ3v) is 4.69. The summed E-state index contributed by atoms with van der Waals surface area (Å²) >= 11 is 0. The van der Waals surface area contributed by atoms with Gasteiger partial charge in [-0.3, -0.25) is 4.90 Å². The second kappa shape index (κ2) is 7.11. The molecule has 0 aliphatic carbocycles. The van der Waals surface area contributed by atoms with Crippen LogP contribution in [0.2, 0.25) is 0 Å². The number of hydrogen-bond donors (Lipinski definition) is 1. The number of nitriles is 1. The van der Waals surface area contributed by atoms with E-state index in [1.165, 1.54) is 7.11 Å². The summed E-state index contributed by atoms with van der Waals surface area (Å²) < 4.78 is 4.79. The summed E-state index contributed by atoms with van der Waals surface area (Å²) in [5.74, 6) is 0.399. The van der Waals surface area contributed by atoms with E-state index < -0.39 is 5.97 Å². The summed E-state index contributed by atoms with van der Waals surface area (Å²) in [4.78, 5) is 25.2. The molecule has 0 amide bonds. The molecule has 1 fully saturated rings. The van der Waals surface area contributed by atoms with Crippen molar-refractivity contribution in [2.24, 2.45) is 0 Å². The first-order valence-corrected chi connectivity index (χ1v) is 8.15. The number of hydrogen-bond acceptors (Lipinski definition) is 8. The van der Waals surface area contributed by atoms with Gasteiger partial charge in [0, 0.05) is 37.8 Å². The van der Waals surface area contributed by atoms with Gasteiger partial charge in [-0.2, -0.15) is 5.26 Å². The number of aromatic nitrogens is 2. The van der Waals surface area contributed by atoms with Crippen molar-refractivity contribution in [3.63, 3.8) is 0 Å². The number of methoxy groups -OCH3 is 1. The lowest BCUT2D eigenvalue weighted by Crippen LogP contribution is -2.52. The Morgan fingerprint density at radius 1 is 1.46 bits per heavy atom. The van der Waals surface area contributed by atoms with Crippen molar-refractivity contribution in [3.8, 4) is 6.07 Å². The molecule has 3 heterocycles. The van der Waals surface area contributed by atoms with E-state index in [9.17, 15) is 4.79 Å². The van der Waals surface area contributed by atoms with Gasteiger partial charge in [0.1, 0.15) is 5.82 Å². The summed E-state index contributed by atoms with van der Waals surface area (Å²) in [6.07, 6.45) is 1.31. The van der Waals surface area contributed by atoms with Gasteiger partial charge >= 0.3 is 5.97 Å². The Morgan fingerprint density at radius 2 is 2.29 bits per heavy atom. The van der Waals surface area contributed by atoms with Crippen LogP contribution in [0.1, 0.15) is 28.3 Å². The summed E-state index contributed by atoms with van der Waals surface area (Å²) in [5, 5.41) is 12.3. The zero-order chi connectivity index (χ0) is 17.1. The van der Waals surface area contributed by atoms with Crippen LogP contribution in [-0.2, 0) is 17.7 Å². The highest BCUT2D eigenvalue weighted by Crippen LogP contribution is 2.26. The number of carbonyl (C=O) groups is 1. The highest BCUT2D eigenvalue weighted by molar-refractivity contribution is 5.85. The molecule has 2 aliphatic rings. The number of anilines is 1. The molecule has 2 aliphatic heterocycles. The third kappa shape index (κ3) is 3.18. The van der Waals surface area contributed by atoms with Gasteiger partial charge in [-0.1, -0.05) is 0 Å². The number of nitrogens with one attached hydrogen (secondary N) is 1. The van der Waals surface area contributed by atoms with Gasteiger partial charge in [0.05, 0.1) is 25.3 Å². The van der Waals surface area contributed by atoms with Crippen molar-refractivity contribution in [1.82, 2.24) is 20.2 Å². The van der Waals surface area contributed by atoms with E-state index >= 15 is 0 Å². The van der Waals surface area contributed by atoms with Gasteiger partial charge in [0.25, 0.3) is 0 Å². The normalized spacial score (nSPS) is 21.0. The zero-order valence-corrected chi connectivity index (χ0v) is 14.1. The lowest BCUT2D eigenvalue weighted by atomic mass is 10.0. The Hall–Kier alpha value is -2.24. The van der Waals surface area contributed by atoms with Crippen molar-refractivity contribution < 1.29 is 9.53 Å². The van der Waals surface area contributed by atoms with Crippen molar-refractivity contribution in [1.29, 1.82) is 5.26 Å². The number of likely N-dealkylation sites (N-methyl/N-ethyl adjacent to an activating group) is 1. The molecule has 1 N–H and O–H groups in total. The van der Waals surface area contributed by atoms with Crippen molar-refractivity contribution >= 4 is 11.8 Å². The molecule has 1 saturated heterocycles. The molecule has 0 unspecified atom stereocenters. The van der Waals surface area contributed by atoms with Crippen LogP contribution < -0.4 is 10.2 Å². The minimum Gasteiger partial charge on any atom is -0.463 e.